The van der Waals surface area contributed by atoms with Crippen molar-refractivity contribution >= 4 is 45.3 Å². The number of thiazole rings is 1. The Bertz CT molecular complexity index is 1180. The normalized spacial score (nSPS) is 16.8. The van der Waals surface area contributed by atoms with Crippen LogP contribution in [0.2, 0.25) is 0 Å². The van der Waals surface area contributed by atoms with Crippen molar-refractivity contribution in [3.05, 3.63) is 23.2 Å². The van der Waals surface area contributed by atoms with Gasteiger partial charge in [0.05, 0.1) is 18.7 Å². The maximum atomic E-state index is 12.8. The smallest absolute Gasteiger partial charge is 0.311 e. The predicted molar refractivity (Wildman–Crippen MR) is 129 cm³/mol. The molecule has 2 aliphatic heterocycles. The first kappa shape index (κ1) is 22.7. The number of imidazole rings is 1. The lowest BCUT2D eigenvalue weighted by Crippen LogP contribution is -2.38. The summed E-state index contributed by atoms with van der Waals surface area (Å²) in [6.45, 7) is 4.54. The topological polar surface area (TPSA) is 115 Å². The minimum absolute atomic E-state index is 0.0294. The molecule has 5 rings (SSSR count). The van der Waals surface area contributed by atoms with Crippen molar-refractivity contribution < 1.29 is 14.3 Å². The van der Waals surface area contributed by atoms with E-state index in [0.29, 0.717) is 17.4 Å². The van der Waals surface area contributed by atoms with Gasteiger partial charge in [0, 0.05) is 37.4 Å². The van der Waals surface area contributed by atoms with Crippen molar-refractivity contribution in [3.8, 4) is 0 Å². The lowest BCUT2D eigenvalue weighted by molar-refractivity contribution is -0.142. The van der Waals surface area contributed by atoms with Gasteiger partial charge in [0.2, 0.25) is 5.91 Å². The summed E-state index contributed by atoms with van der Waals surface area (Å²) in [5.74, 6) is 1.54. The molecule has 0 bridgehead atoms. The number of hydrogen-bond donors (Lipinski definition) is 1. The van der Waals surface area contributed by atoms with Crippen molar-refractivity contribution in [3.63, 3.8) is 0 Å². The molecule has 0 aliphatic carbocycles. The number of nitrogens with one attached hydrogen (secondary N) is 1. The quantitative estimate of drug-likeness (QED) is 0.532. The predicted octanol–water partition coefficient (Wildman–Crippen LogP) is 2.97. The zero-order valence-electron chi connectivity index (χ0n) is 19.3. The average Bonchev–Trinajstić information content (AvgIpc) is 3.34. The first-order valence-corrected chi connectivity index (χ1v) is 12.9. The molecule has 1 N–H and O–H groups in total. The van der Waals surface area contributed by atoms with Gasteiger partial charge in [-0.3, -0.25) is 9.59 Å². The van der Waals surface area contributed by atoms with Crippen molar-refractivity contribution in [1.82, 2.24) is 24.5 Å². The van der Waals surface area contributed by atoms with Crippen molar-refractivity contribution in [2.75, 3.05) is 29.9 Å². The van der Waals surface area contributed by atoms with E-state index in [1.54, 1.807) is 18.6 Å². The second kappa shape index (κ2) is 10.0. The molecule has 1 fully saturated rings. The van der Waals surface area contributed by atoms with Gasteiger partial charge in [-0.1, -0.05) is 6.42 Å². The molecule has 34 heavy (non-hydrogen) atoms. The van der Waals surface area contributed by atoms with Crippen molar-refractivity contribution in [1.29, 1.82) is 0 Å². The fraction of sp³-hybridized carbons (Fsp3) is 0.565. The summed E-state index contributed by atoms with van der Waals surface area (Å²) in [6, 6.07) is 0. The first-order valence-electron chi connectivity index (χ1n) is 12.0. The van der Waals surface area contributed by atoms with E-state index < -0.39 is 0 Å². The maximum Gasteiger partial charge on any atom is 0.311 e. The fourth-order valence-corrected chi connectivity index (χ4v) is 5.44. The van der Waals surface area contributed by atoms with E-state index in [9.17, 15) is 9.59 Å². The summed E-state index contributed by atoms with van der Waals surface area (Å²) in [7, 11) is 0. The standard InChI is InChI=1S/C23H29N7O3S/c1-2-33-18(31)12-16-13-34-23(26-16)28-22(32)15-7-10-29(11-8-15)20-19-21(25-14-24-20)30-9-5-3-4-6-17(30)27-19/h13-15H,2-12H2,1H3,(H,26,28,32). The lowest BCUT2D eigenvalue weighted by atomic mass is 9.96. The third kappa shape index (κ3) is 4.75. The van der Waals surface area contributed by atoms with Crippen LogP contribution in [0.3, 0.4) is 0 Å². The van der Waals surface area contributed by atoms with Crippen molar-refractivity contribution in [2.45, 2.75) is 58.4 Å². The van der Waals surface area contributed by atoms with Crippen molar-refractivity contribution in [2.24, 2.45) is 5.92 Å². The van der Waals surface area contributed by atoms with Gasteiger partial charge in [-0.15, -0.1) is 11.3 Å². The summed E-state index contributed by atoms with van der Waals surface area (Å²) in [6.07, 6.45) is 7.73. The lowest BCUT2D eigenvalue weighted by Gasteiger charge is -2.31. The van der Waals surface area contributed by atoms with E-state index >= 15 is 0 Å². The Morgan fingerprint density at radius 1 is 1.15 bits per heavy atom. The molecule has 3 aromatic rings. The van der Waals surface area contributed by atoms with Crippen LogP contribution in [0.15, 0.2) is 11.7 Å². The molecule has 1 saturated heterocycles. The van der Waals surface area contributed by atoms with Crippen LogP contribution in [0.5, 0.6) is 0 Å². The van der Waals surface area contributed by atoms with E-state index in [4.69, 9.17) is 9.72 Å². The molecular formula is C23H29N7O3S. The molecule has 3 aromatic heterocycles. The molecule has 0 atom stereocenters. The number of carbonyl (C=O) groups excluding carboxylic acids is 2. The number of rotatable bonds is 6. The molecule has 180 valence electrons. The third-order valence-electron chi connectivity index (χ3n) is 6.45. The van der Waals surface area contributed by atoms with Crippen LogP contribution >= 0.6 is 11.3 Å². The van der Waals surface area contributed by atoms with Gasteiger partial charge >= 0.3 is 5.97 Å². The highest BCUT2D eigenvalue weighted by atomic mass is 32.1. The van der Waals surface area contributed by atoms with Gasteiger partial charge in [0.15, 0.2) is 22.1 Å². The Morgan fingerprint density at radius 3 is 2.82 bits per heavy atom. The van der Waals surface area contributed by atoms with Gasteiger partial charge in [0.25, 0.3) is 0 Å². The van der Waals surface area contributed by atoms with Gasteiger partial charge in [-0.2, -0.15) is 0 Å². The Labute approximate surface area is 201 Å². The van der Waals surface area contributed by atoms with Crippen LogP contribution in [0, 0.1) is 5.92 Å². The number of fused-ring (bicyclic) bond motifs is 3. The molecule has 2 aliphatic rings. The van der Waals surface area contributed by atoms with E-state index in [0.717, 1.165) is 74.5 Å². The Morgan fingerprint density at radius 2 is 2.00 bits per heavy atom. The number of anilines is 2. The number of aromatic nitrogens is 5. The number of esters is 1. The summed E-state index contributed by atoms with van der Waals surface area (Å²) in [4.78, 5) is 45.0. The highest BCUT2D eigenvalue weighted by Gasteiger charge is 2.28. The van der Waals surface area contributed by atoms with Crippen LogP contribution in [-0.2, 0) is 33.7 Å². The highest BCUT2D eigenvalue weighted by molar-refractivity contribution is 7.13. The minimum atomic E-state index is -0.314. The molecule has 0 radical (unpaired) electrons. The number of ether oxygens (including phenoxy) is 1. The molecule has 11 heteroatoms. The maximum absolute atomic E-state index is 12.8. The van der Waals surface area contributed by atoms with Crippen LogP contribution in [0.4, 0.5) is 10.9 Å². The van der Waals surface area contributed by atoms with E-state index in [1.165, 1.54) is 17.8 Å². The van der Waals surface area contributed by atoms with E-state index in [1.807, 2.05) is 0 Å². The van der Waals surface area contributed by atoms with Gasteiger partial charge < -0.3 is 19.5 Å². The SMILES string of the molecule is CCOC(=O)Cc1csc(NC(=O)C2CCN(c3ncnc4c3nc3n4CCCCC3)CC2)n1. The summed E-state index contributed by atoms with van der Waals surface area (Å²) in [5, 5.41) is 5.21. The number of amides is 1. The van der Waals surface area contributed by atoms with E-state index in [2.05, 4.69) is 29.7 Å². The molecule has 5 heterocycles. The second-order valence-corrected chi connectivity index (χ2v) is 9.59. The number of piperidine rings is 1. The summed E-state index contributed by atoms with van der Waals surface area (Å²) in [5.41, 5.74) is 2.41. The molecule has 0 aromatic carbocycles. The molecule has 0 unspecified atom stereocenters. The molecule has 10 nitrogen and oxygen atoms in total. The van der Waals surface area contributed by atoms with Crippen LogP contribution < -0.4 is 10.2 Å². The monoisotopic (exact) mass is 483 g/mol. The first-order chi connectivity index (χ1) is 16.6. The number of hydrogen-bond acceptors (Lipinski definition) is 9. The number of aryl methyl sites for hydroxylation is 2. The van der Waals surface area contributed by atoms with Gasteiger partial charge in [0.1, 0.15) is 12.2 Å². The largest absolute Gasteiger partial charge is 0.466 e. The number of carbonyl (C=O) groups is 2. The zero-order chi connectivity index (χ0) is 23.5. The average molecular weight is 484 g/mol. The number of nitrogens with zero attached hydrogens (tertiary/aromatic N) is 6. The fourth-order valence-electron chi connectivity index (χ4n) is 4.72. The third-order valence-corrected chi connectivity index (χ3v) is 7.26. The van der Waals surface area contributed by atoms with Gasteiger partial charge in [-0.05, 0) is 32.6 Å². The molecule has 0 spiro atoms. The Kier molecular flexibility index (Phi) is 6.70. The second-order valence-electron chi connectivity index (χ2n) is 8.74. The molecule has 1 amide bonds. The highest BCUT2D eigenvalue weighted by Crippen LogP contribution is 2.30. The Balaban J connectivity index is 1.21. The zero-order valence-corrected chi connectivity index (χ0v) is 20.1. The van der Waals surface area contributed by atoms with Crippen LogP contribution in [-0.4, -0.2) is 56.1 Å². The Hall–Kier alpha value is -3.08. The minimum Gasteiger partial charge on any atom is -0.466 e. The molecular weight excluding hydrogens is 454 g/mol. The van der Waals surface area contributed by atoms with Gasteiger partial charge in [-0.25, -0.2) is 19.9 Å². The summed E-state index contributed by atoms with van der Waals surface area (Å²) < 4.78 is 7.20. The summed E-state index contributed by atoms with van der Waals surface area (Å²) >= 11 is 1.33. The van der Waals surface area contributed by atoms with Crippen LogP contribution in [0.25, 0.3) is 11.2 Å². The van der Waals surface area contributed by atoms with E-state index in [-0.39, 0.29) is 24.2 Å². The van der Waals surface area contributed by atoms with Crippen LogP contribution in [0.1, 0.15) is 50.5 Å². The molecule has 0 saturated carbocycles.